The van der Waals surface area contributed by atoms with Crippen molar-refractivity contribution >= 4 is 11.6 Å². The Morgan fingerprint density at radius 3 is 2.71 bits per heavy atom. The van der Waals surface area contributed by atoms with Crippen LogP contribution in [-0.2, 0) is 12.4 Å². The minimum absolute atomic E-state index is 0.396. The number of alkyl halides is 1. The monoisotopic (exact) mass is 207 g/mol. The molecular weight excluding hydrogens is 198 g/mol. The second kappa shape index (κ2) is 4.24. The van der Waals surface area contributed by atoms with E-state index in [9.17, 15) is 0 Å². The molecule has 0 aliphatic heterocycles. The van der Waals surface area contributed by atoms with Crippen LogP contribution in [-0.4, -0.2) is 14.8 Å². The van der Waals surface area contributed by atoms with Gasteiger partial charge < -0.3 is 4.57 Å². The molecule has 0 fully saturated rings. The summed E-state index contributed by atoms with van der Waals surface area (Å²) in [4.78, 5) is 0. The van der Waals surface area contributed by atoms with Crippen LogP contribution >= 0.6 is 11.6 Å². The molecule has 4 heteroatoms. The molecule has 14 heavy (non-hydrogen) atoms. The molecule has 0 bridgehead atoms. The van der Waals surface area contributed by atoms with Crippen LogP contribution in [0.2, 0.25) is 0 Å². The van der Waals surface area contributed by atoms with Crippen LogP contribution in [0.5, 0.6) is 0 Å². The summed E-state index contributed by atoms with van der Waals surface area (Å²) >= 11 is 5.72. The van der Waals surface area contributed by atoms with E-state index in [-0.39, 0.29) is 0 Å². The van der Waals surface area contributed by atoms with Gasteiger partial charge in [-0.15, -0.1) is 21.8 Å². The Morgan fingerprint density at radius 1 is 1.21 bits per heavy atom. The summed E-state index contributed by atoms with van der Waals surface area (Å²) in [5.74, 6) is 1.20. The zero-order valence-electron chi connectivity index (χ0n) is 7.60. The Balaban J connectivity index is 2.19. The van der Waals surface area contributed by atoms with E-state index in [1.165, 1.54) is 5.56 Å². The van der Waals surface area contributed by atoms with Gasteiger partial charge in [0, 0.05) is 0 Å². The lowest BCUT2D eigenvalue weighted by molar-refractivity contribution is 0.755. The van der Waals surface area contributed by atoms with Gasteiger partial charge in [-0.05, 0) is 5.56 Å². The third kappa shape index (κ3) is 1.93. The van der Waals surface area contributed by atoms with Crippen molar-refractivity contribution in [2.24, 2.45) is 0 Å². The predicted octanol–water partition coefficient (Wildman–Crippen LogP) is 2.07. The highest BCUT2D eigenvalue weighted by molar-refractivity contribution is 6.16. The Hall–Kier alpha value is -1.35. The van der Waals surface area contributed by atoms with Gasteiger partial charge in [0.1, 0.15) is 12.2 Å². The summed E-state index contributed by atoms with van der Waals surface area (Å²) in [5, 5.41) is 7.73. The zero-order valence-corrected chi connectivity index (χ0v) is 8.35. The third-order valence-corrected chi connectivity index (χ3v) is 2.25. The Kier molecular flexibility index (Phi) is 2.79. The van der Waals surface area contributed by atoms with Gasteiger partial charge in [0.05, 0.1) is 12.4 Å². The highest BCUT2D eigenvalue weighted by atomic mass is 35.5. The molecule has 0 saturated carbocycles. The molecule has 0 radical (unpaired) electrons. The van der Waals surface area contributed by atoms with Crippen LogP contribution in [0.1, 0.15) is 11.4 Å². The number of hydrogen-bond donors (Lipinski definition) is 0. The zero-order chi connectivity index (χ0) is 9.80. The van der Waals surface area contributed by atoms with Gasteiger partial charge in [0.2, 0.25) is 0 Å². The Morgan fingerprint density at radius 2 is 2.00 bits per heavy atom. The van der Waals surface area contributed by atoms with E-state index in [1.54, 1.807) is 6.33 Å². The van der Waals surface area contributed by atoms with E-state index < -0.39 is 0 Å². The first-order valence-electron chi connectivity index (χ1n) is 4.36. The summed E-state index contributed by atoms with van der Waals surface area (Å²) in [6.07, 6.45) is 1.70. The van der Waals surface area contributed by atoms with Gasteiger partial charge in [-0.25, -0.2) is 0 Å². The molecule has 1 aromatic carbocycles. The molecule has 0 unspecified atom stereocenters. The Bertz CT molecular complexity index is 397. The number of rotatable bonds is 3. The smallest absolute Gasteiger partial charge is 0.148 e. The normalized spacial score (nSPS) is 10.4. The molecule has 2 rings (SSSR count). The van der Waals surface area contributed by atoms with Gasteiger partial charge in [0.15, 0.2) is 0 Å². The van der Waals surface area contributed by atoms with Crippen LogP contribution in [0.3, 0.4) is 0 Å². The predicted molar refractivity (Wildman–Crippen MR) is 55.1 cm³/mol. The molecule has 0 amide bonds. The van der Waals surface area contributed by atoms with Crippen molar-refractivity contribution in [1.82, 2.24) is 14.8 Å². The van der Waals surface area contributed by atoms with Gasteiger partial charge in [-0.3, -0.25) is 0 Å². The van der Waals surface area contributed by atoms with E-state index in [0.29, 0.717) is 5.88 Å². The molecule has 1 aromatic heterocycles. The second-order valence-electron chi connectivity index (χ2n) is 2.99. The standard InChI is InChI=1S/C10H10ClN3/c11-6-10-13-12-8-14(10)7-9-4-2-1-3-5-9/h1-5,8H,6-7H2. The van der Waals surface area contributed by atoms with Crippen molar-refractivity contribution < 1.29 is 0 Å². The van der Waals surface area contributed by atoms with Crippen molar-refractivity contribution in [3.63, 3.8) is 0 Å². The molecule has 0 aliphatic carbocycles. The minimum atomic E-state index is 0.396. The number of hydrogen-bond acceptors (Lipinski definition) is 2. The Labute approximate surface area is 87.3 Å². The topological polar surface area (TPSA) is 30.7 Å². The lowest BCUT2D eigenvalue weighted by Gasteiger charge is -2.03. The lowest BCUT2D eigenvalue weighted by atomic mass is 10.2. The van der Waals surface area contributed by atoms with E-state index >= 15 is 0 Å². The van der Waals surface area contributed by atoms with Crippen LogP contribution in [0, 0.1) is 0 Å². The molecule has 2 aromatic rings. The first-order valence-corrected chi connectivity index (χ1v) is 4.90. The fourth-order valence-electron chi connectivity index (χ4n) is 1.29. The van der Waals surface area contributed by atoms with Crippen LogP contribution in [0.15, 0.2) is 36.7 Å². The molecule has 0 saturated heterocycles. The quantitative estimate of drug-likeness (QED) is 0.722. The highest BCUT2D eigenvalue weighted by Crippen LogP contribution is 2.05. The fourth-order valence-corrected chi connectivity index (χ4v) is 1.50. The van der Waals surface area contributed by atoms with Crippen LogP contribution < -0.4 is 0 Å². The van der Waals surface area contributed by atoms with Gasteiger partial charge >= 0.3 is 0 Å². The SMILES string of the molecule is ClCc1nncn1Cc1ccccc1. The third-order valence-electron chi connectivity index (χ3n) is 2.01. The summed E-state index contributed by atoms with van der Waals surface area (Å²) in [6, 6.07) is 10.2. The number of aromatic nitrogens is 3. The van der Waals surface area contributed by atoms with Crippen molar-refractivity contribution in [1.29, 1.82) is 0 Å². The second-order valence-corrected chi connectivity index (χ2v) is 3.26. The maximum absolute atomic E-state index is 5.72. The van der Waals surface area contributed by atoms with Crippen molar-refractivity contribution in [2.75, 3.05) is 0 Å². The highest BCUT2D eigenvalue weighted by Gasteiger charge is 2.02. The summed E-state index contributed by atoms with van der Waals surface area (Å²) < 4.78 is 1.95. The van der Waals surface area contributed by atoms with Gasteiger partial charge in [0.25, 0.3) is 0 Å². The van der Waals surface area contributed by atoms with E-state index in [4.69, 9.17) is 11.6 Å². The van der Waals surface area contributed by atoms with E-state index in [0.717, 1.165) is 12.4 Å². The number of nitrogens with zero attached hydrogens (tertiary/aromatic N) is 3. The first-order chi connectivity index (χ1) is 6.90. The largest absolute Gasteiger partial charge is 0.312 e. The number of halogens is 1. The van der Waals surface area contributed by atoms with E-state index in [1.807, 2.05) is 22.8 Å². The van der Waals surface area contributed by atoms with Gasteiger partial charge in [-0.2, -0.15) is 0 Å². The van der Waals surface area contributed by atoms with Crippen molar-refractivity contribution in [2.45, 2.75) is 12.4 Å². The lowest BCUT2D eigenvalue weighted by Crippen LogP contribution is -2.02. The molecular formula is C10H10ClN3. The summed E-state index contributed by atoms with van der Waals surface area (Å²) in [6.45, 7) is 0.774. The first kappa shape index (κ1) is 9.21. The molecule has 1 heterocycles. The maximum atomic E-state index is 5.72. The average Bonchev–Trinajstić information content (AvgIpc) is 2.67. The average molecular weight is 208 g/mol. The van der Waals surface area contributed by atoms with Crippen LogP contribution in [0.4, 0.5) is 0 Å². The van der Waals surface area contributed by atoms with E-state index in [2.05, 4.69) is 22.3 Å². The molecule has 0 atom stereocenters. The summed E-state index contributed by atoms with van der Waals surface area (Å²) in [5.41, 5.74) is 1.22. The molecule has 72 valence electrons. The van der Waals surface area contributed by atoms with Gasteiger partial charge in [-0.1, -0.05) is 30.3 Å². The van der Waals surface area contributed by atoms with Crippen molar-refractivity contribution in [3.05, 3.63) is 48.0 Å². The fraction of sp³-hybridized carbons (Fsp3) is 0.200. The molecule has 0 spiro atoms. The summed E-state index contributed by atoms with van der Waals surface area (Å²) in [7, 11) is 0. The van der Waals surface area contributed by atoms with Crippen LogP contribution in [0.25, 0.3) is 0 Å². The number of benzene rings is 1. The molecule has 0 aliphatic rings. The maximum Gasteiger partial charge on any atom is 0.148 e. The molecule has 0 N–H and O–H groups in total. The molecule has 3 nitrogen and oxygen atoms in total. The van der Waals surface area contributed by atoms with Crippen molar-refractivity contribution in [3.8, 4) is 0 Å². The minimum Gasteiger partial charge on any atom is -0.312 e.